The minimum Gasteiger partial charge on any atom is -0.391 e. The van der Waals surface area contributed by atoms with Crippen LogP contribution in [0.15, 0.2) is 0 Å². The molecule has 2 rings (SSSR count). The second-order valence-electron chi connectivity index (χ2n) is 7.80. The lowest BCUT2D eigenvalue weighted by Crippen LogP contribution is -2.65. The monoisotopic (exact) mass is 406 g/mol. The summed E-state index contributed by atoms with van der Waals surface area (Å²) >= 11 is 1.20. The van der Waals surface area contributed by atoms with Gasteiger partial charge in [0.2, 0.25) is 5.91 Å². The second kappa shape index (κ2) is 9.87. The molecule has 0 bridgehead atoms. The van der Waals surface area contributed by atoms with Gasteiger partial charge >= 0.3 is 0 Å². The number of ether oxygens (including phenoxy) is 1. The van der Waals surface area contributed by atoms with Crippen LogP contribution in [0.4, 0.5) is 0 Å². The molecule has 0 spiro atoms. The summed E-state index contributed by atoms with van der Waals surface area (Å²) in [5, 5.41) is 43.5. The van der Waals surface area contributed by atoms with Crippen LogP contribution in [0.2, 0.25) is 0 Å². The summed E-state index contributed by atoms with van der Waals surface area (Å²) in [5.41, 5.74) is -0.755. The Bertz CT molecular complexity index is 494. The summed E-state index contributed by atoms with van der Waals surface area (Å²) in [6.45, 7) is 4.48. The summed E-state index contributed by atoms with van der Waals surface area (Å²) in [6, 6.07) is -1.20. The first-order valence-corrected chi connectivity index (χ1v) is 10.9. The van der Waals surface area contributed by atoms with Gasteiger partial charge in [-0.05, 0) is 39.0 Å². The second-order valence-corrected chi connectivity index (χ2v) is 8.73. The smallest absolute Gasteiger partial charge is 0.237 e. The molecule has 158 valence electrons. The van der Waals surface area contributed by atoms with Crippen molar-refractivity contribution in [1.82, 2.24) is 10.2 Å². The van der Waals surface area contributed by atoms with Crippen LogP contribution in [-0.2, 0) is 9.53 Å². The zero-order chi connectivity index (χ0) is 20.3. The average Bonchev–Trinajstić information content (AvgIpc) is 2.99. The standard InChI is InChI=1S/C18H34N2O6S/c1-5-6-10-7-11(20(3)8-10)17(25)19-12(9(2)21)16-14(23)13(22)15(24)18(26-16)27-4/h9-16,18,21-24H,5-8H2,1-4H3,(H,19,25)/t9-,10+,11-,12-,13+,14+,15+,16+,18-/m1/s1. The van der Waals surface area contributed by atoms with Crippen molar-refractivity contribution in [3.05, 3.63) is 0 Å². The molecule has 2 saturated heterocycles. The van der Waals surface area contributed by atoms with Gasteiger partial charge in [-0.25, -0.2) is 0 Å². The third-order valence-electron chi connectivity index (χ3n) is 5.66. The van der Waals surface area contributed by atoms with E-state index in [4.69, 9.17) is 4.74 Å². The van der Waals surface area contributed by atoms with Crippen molar-refractivity contribution in [2.75, 3.05) is 19.8 Å². The number of nitrogens with one attached hydrogen (secondary N) is 1. The Morgan fingerprint density at radius 1 is 1.30 bits per heavy atom. The Morgan fingerprint density at radius 2 is 1.96 bits per heavy atom. The van der Waals surface area contributed by atoms with Gasteiger partial charge in [0.25, 0.3) is 0 Å². The molecule has 0 radical (unpaired) electrons. The molecule has 2 fully saturated rings. The lowest BCUT2D eigenvalue weighted by atomic mass is 9.92. The molecule has 0 aromatic carbocycles. The zero-order valence-electron chi connectivity index (χ0n) is 16.5. The van der Waals surface area contributed by atoms with Gasteiger partial charge in [0, 0.05) is 6.54 Å². The topological polar surface area (TPSA) is 122 Å². The summed E-state index contributed by atoms with van der Waals surface area (Å²) in [6.07, 6.45) is -1.50. The number of rotatable bonds is 7. The largest absolute Gasteiger partial charge is 0.391 e. The molecule has 0 unspecified atom stereocenters. The molecule has 0 aromatic heterocycles. The maximum atomic E-state index is 12.8. The molecular weight excluding hydrogens is 372 g/mol. The van der Waals surface area contributed by atoms with Gasteiger partial charge in [0.05, 0.1) is 18.2 Å². The molecule has 8 nitrogen and oxygen atoms in total. The Balaban J connectivity index is 2.09. The Kier molecular flexibility index (Phi) is 8.35. The Labute approximate surface area is 165 Å². The normalized spacial score (nSPS) is 39.9. The number of thioether (sulfide) groups is 1. The maximum absolute atomic E-state index is 12.8. The minimum absolute atomic E-state index is 0.223. The molecule has 9 heteroatoms. The van der Waals surface area contributed by atoms with E-state index in [0.717, 1.165) is 25.8 Å². The predicted molar refractivity (Wildman–Crippen MR) is 103 cm³/mol. The molecule has 2 heterocycles. The number of likely N-dealkylation sites (tertiary alicyclic amines) is 1. The summed E-state index contributed by atoms with van der Waals surface area (Å²) in [5.74, 6) is 0.245. The fourth-order valence-corrected chi connectivity index (χ4v) is 4.81. The zero-order valence-corrected chi connectivity index (χ0v) is 17.3. The molecule has 0 aromatic rings. The van der Waals surface area contributed by atoms with Crippen LogP contribution < -0.4 is 5.32 Å². The van der Waals surface area contributed by atoms with Crippen LogP contribution in [0.3, 0.4) is 0 Å². The minimum atomic E-state index is -1.42. The van der Waals surface area contributed by atoms with Gasteiger partial charge in [-0.1, -0.05) is 13.3 Å². The number of carbonyl (C=O) groups excluding carboxylic acids is 1. The third kappa shape index (κ3) is 5.14. The number of hydrogen-bond donors (Lipinski definition) is 5. The quantitative estimate of drug-likeness (QED) is 0.370. The van der Waals surface area contributed by atoms with Crippen LogP contribution in [0.5, 0.6) is 0 Å². The molecule has 0 saturated carbocycles. The van der Waals surface area contributed by atoms with Crippen molar-refractivity contribution < 1.29 is 30.0 Å². The number of nitrogens with zero attached hydrogens (tertiary/aromatic N) is 1. The molecule has 0 aliphatic carbocycles. The van der Waals surface area contributed by atoms with Crippen LogP contribution in [0.1, 0.15) is 33.1 Å². The molecule has 1 amide bonds. The van der Waals surface area contributed by atoms with E-state index in [1.165, 1.54) is 18.7 Å². The van der Waals surface area contributed by atoms with E-state index in [0.29, 0.717) is 5.92 Å². The highest BCUT2D eigenvalue weighted by atomic mass is 32.2. The van der Waals surface area contributed by atoms with Gasteiger partial charge in [-0.3, -0.25) is 9.69 Å². The number of amides is 1. The maximum Gasteiger partial charge on any atom is 0.237 e. The van der Waals surface area contributed by atoms with Crippen LogP contribution in [-0.4, -0.2) is 99.1 Å². The summed E-state index contributed by atoms with van der Waals surface area (Å²) < 4.78 is 5.72. The van der Waals surface area contributed by atoms with Gasteiger partial charge in [-0.15, -0.1) is 11.8 Å². The highest BCUT2D eigenvalue weighted by Gasteiger charge is 2.48. The van der Waals surface area contributed by atoms with Gasteiger partial charge in [-0.2, -0.15) is 0 Å². The molecule has 5 N–H and O–H groups in total. The summed E-state index contributed by atoms with van der Waals surface area (Å²) in [7, 11) is 1.91. The van der Waals surface area contributed by atoms with E-state index in [-0.39, 0.29) is 11.9 Å². The van der Waals surface area contributed by atoms with E-state index in [1.807, 2.05) is 11.9 Å². The highest BCUT2D eigenvalue weighted by molar-refractivity contribution is 7.99. The van der Waals surface area contributed by atoms with Crippen LogP contribution >= 0.6 is 11.8 Å². The first kappa shape index (κ1) is 22.9. The lowest BCUT2D eigenvalue weighted by Gasteiger charge is -2.44. The highest BCUT2D eigenvalue weighted by Crippen LogP contribution is 2.30. The third-order valence-corrected chi connectivity index (χ3v) is 6.51. The fraction of sp³-hybridized carbons (Fsp3) is 0.944. The number of likely N-dealkylation sites (N-methyl/N-ethyl adjacent to an activating group) is 1. The Hall–Kier alpha value is -0.420. The first-order chi connectivity index (χ1) is 12.7. The van der Waals surface area contributed by atoms with Crippen molar-refractivity contribution in [2.45, 2.75) is 81.1 Å². The number of aliphatic hydroxyl groups is 4. The van der Waals surface area contributed by atoms with Gasteiger partial charge in [0.15, 0.2) is 0 Å². The van der Waals surface area contributed by atoms with Crippen molar-refractivity contribution in [1.29, 1.82) is 0 Å². The van der Waals surface area contributed by atoms with E-state index in [9.17, 15) is 25.2 Å². The Morgan fingerprint density at radius 3 is 2.52 bits per heavy atom. The SMILES string of the molecule is CCC[C@H]1C[C@H](C(=O)N[C@@H]([C@@H]2O[C@H](SC)[C@@H](O)[C@@H](O)[C@@H]2O)[C@@H](C)O)N(C)C1. The molecular formula is C18H34N2O6S. The summed E-state index contributed by atoms with van der Waals surface area (Å²) in [4.78, 5) is 14.9. The van der Waals surface area contributed by atoms with Gasteiger partial charge < -0.3 is 30.5 Å². The van der Waals surface area contributed by atoms with E-state index in [2.05, 4.69) is 12.2 Å². The van der Waals surface area contributed by atoms with Crippen molar-refractivity contribution >= 4 is 17.7 Å². The first-order valence-electron chi connectivity index (χ1n) is 9.62. The van der Waals surface area contributed by atoms with E-state index < -0.39 is 42.0 Å². The number of carbonyl (C=O) groups is 1. The average molecular weight is 407 g/mol. The van der Waals surface area contributed by atoms with Crippen molar-refractivity contribution in [3.63, 3.8) is 0 Å². The molecule has 27 heavy (non-hydrogen) atoms. The van der Waals surface area contributed by atoms with Gasteiger partial charge in [0.1, 0.15) is 29.9 Å². The van der Waals surface area contributed by atoms with Crippen molar-refractivity contribution in [2.24, 2.45) is 5.92 Å². The lowest BCUT2D eigenvalue weighted by molar-refractivity contribution is -0.211. The number of aliphatic hydroxyl groups excluding tert-OH is 4. The molecule has 2 aliphatic rings. The van der Waals surface area contributed by atoms with E-state index >= 15 is 0 Å². The van der Waals surface area contributed by atoms with E-state index in [1.54, 1.807) is 6.26 Å². The number of hydrogen-bond acceptors (Lipinski definition) is 8. The fourth-order valence-electron chi connectivity index (χ4n) is 4.13. The molecule has 2 aliphatic heterocycles. The molecule has 9 atom stereocenters. The predicted octanol–water partition coefficient (Wildman–Crippen LogP) is -0.857. The van der Waals surface area contributed by atoms with Crippen molar-refractivity contribution in [3.8, 4) is 0 Å². The van der Waals surface area contributed by atoms with Crippen LogP contribution in [0, 0.1) is 5.92 Å². The van der Waals surface area contributed by atoms with Crippen LogP contribution in [0.25, 0.3) is 0 Å².